The van der Waals surface area contributed by atoms with Crippen LogP contribution in [0.15, 0.2) is 24.4 Å². The second-order valence-corrected chi connectivity index (χ2v) is 3.37. The fourth-order valence-corrected chi connectivity index (χ4v) is 1.47. The number of carbonyl (C=O) groups is 1. The molecular formula is C11H10N2O2. The first-order chi connectivity index (χ1) is 7.16. The lowest BCUT2D eigenvalue weighted by Gasteiger charge is -2.03. The fourth-order valence-electron chi connectivity index (χ4n) is 1.47. The predicted molar refractivity (Wildman–Crippen MR) is 55.6 cm³/mol. The van der Waals surface area contributed by atoms with Crippen molar-refractivity contribution in [2.75, 3.05) is 0 Å². The highest BCUT2D eigenvalue weighted by atomic mass is 16.4. The summed E-state index contributed by atoms with van der Waals surface area (Å²) in [6, 6.07) is 5.65. The van der Waals surface area contributed by atoms with Crippen molar-refractivity contribution in [3.63, 3.8) is 0 Å². The lowest BCUT2D eigenvalue weighted by atomic mass is 10.1. The number of aliphatic carboxylic acids is 1. The molecule has 2 aromatic rings. The number of aryl methyl sites for hydroxylation is 1. The predicted octanol–water partition coefficient (Wildman–Crippen LogP) is 1.57. The highest BCUT2D eigenvalue weighted by Crippen LogP contribution is 2.14. The number of fused-ring (bicyclic) bond motifs is 1. The molecule has 0 aromatic carbocycles. The van der Waals surface area contributed by atoms with E-state index < -0.39 is 5.97 Å². The van der Waals surface area contributed by atoms with Gasteiger partial charge in [-0.15, -0.1) is 0 Å². The Hall–Kier alpha value is -1.97. The van der Waals surface area contributed by atoms with E-state index in [1.807, 2.05) is 25.1 Å². The van der Waals surface area contributed by atoms with Crippen molar-refractivity contribution in [3.8, 4) is 0 Å². The molecule has 0 spiro atoms. The quantitative estimate of drug-likeness (QED) is 0.802. The monoisotopic (exact) mass is 202 g/mol. The van der Waals surface area contributed by atoms with Crippen molar-refractivity contribution in [1.29, 1.82) is 0 Å². The summed E-state index contributed by atoms with van der Waals surface area (Å²) in [7, 11) is 0. The molecule has 0 radical (unpaired) electrons. The van der Waals surface area contributed by atoms with E-state index in [9.17, 15) is 4.79 Å². The smallest absolute Gasteiger partial charge is 0.309 e. The van der Waals surface area contributed by atoms with Gasteiger partial charge in [-0.1, -0.05) is 0 Å². The molecule has 2 heterocycles. The van der Waals surface area contributed by atoms with Crippen LogP contribution in [0, 0.1) is 6.92 Å². The molecule has 4 nitrogen and oxygen atoms in total. The fraction of sp³-hybridized carbons (Fsp3) is 0.182. The van der Waals surface area contributed by atoms with Crippen LogP contribution in [0.2, 0.25) is 0 Å². The van der Waals surface area contributed by atoms with E-state index >= 15 is 0 Å². The van der Waals surface area contributed by atoms with Crippen LogP contribution in [0.25, 0.3) is 11.0 Å². The normalized spacial score (nSPS) is 10.5. The van der Waals surface area contributed by atoms with E-state index in [2.05, 4.69) is 9.97 Å². The van der Waals surface area contributed by atoms with Crippen LogP contribution >= 0.6 is 0 Å². The molecule has 1 N–H and O–H groups in total. The molecule has 0 amide bonds. The summed E-state index contributed by atoms with van der Waals surface area (Å²) in [5, 5.41) is 9.64. The van der Waals surface area contributed by atoms with E-state index in [-0.39, 0.29) is 6.42 Å². The van der Waals surface area contributed by atoms with Gasteiger partial charge in [0.15, 0.2) is 5.65 Å². The topological polar surface area (TPSA) is 63.1 Å². The van der Waals surface area contributed by atoms with Gasteiger partial charge in [0, 0.05) is 11.6 Å². The zero-order valence-corrected chi connectivity index (χ0v) is 8.27. The van der Waals surface area contributed by atoms with Crippen molar-refractivity contribution in [3.05, 3.63) is 35.7 Å². The number of pyridine rings is 2. The first-order valence-corrected chi connectivity index (χ1v) is 4.60. The Morgan fingerprint density at radius 1 is 1.53 bits per heavy atom. The van der Waals surface area contributed by atoms with E-state index in [0.29, 0.717) is 11.3 Å². The maximum Gasteiger partial charge on any atom is 0.309 e. The summed E-state index contributed by atoms with van der Waals surface area (Å²) < 4.78 is 0. The van der Waals surface area contributed by atoms with Gasteiger partial charge in [0.1, 0.15) is 0 Å². The van der Waals surface area contributed by atoms with Gasteiger partial charge in [-0.2, -0.15) is 0 Å². The second kappa shape index (κ2) is 3.65. The molecule has 2 aromatic heterocycles. The molecule has 76 valence electrons. The first kappa shape index (κ1) is 9.58. The minimum absolute atomic E-state index is 0.0572. The van der Waals surface area contributed by atoms with Crippen molar-refractivity contribution in [2.45, 2.75) is 13.3 Å². The van der Waals surface area contributed by atoms with Crippen molar-refractivity contribution >= 4 is 17.0 Å². The molecule has 4 heteroatoms. The Balaban J connectivity index is 2.56. The Morgan fingerprint density at radius 3 is 3.07 bits per heavy atom. The number of nitrogens with zero attached hydrogens (tertiary/aromatic N) is 2. The minimum Gasteiger partial charge on any atom is -0.481 e. The lowest BCUT2D eigenvalue weighted by molar-refractivity contribution is -0.136. The molecule has 0 bridgehead atoms. The SMILES string of the molecule is Cc1cc2cccnc2nc1CC(=O)O. The highest BCUT2D eigenvalue weighted by Gasteiger charge is 2.07. The third-order valence-electron chi connectivity index (χ3n) is 2.20. The molecule has 0 saturated carbocycles. The molecule has 2 rings (SSSR count). The summed E-state index contributed by atoms with van der Waals surface area (Å²) in [5.74, 6) is -0.874. The maximum absolute atomic E-state index is 10.6. The summed E-state index contributed by atoms with van der Waals surface area (Å²) in [5.41, 5.74) is 2.06. The number of hydrogen-bond acceptors (Lipinski definition) is 3. The molecule has 0 aliphatic carbocycles. The Kier molecular flexibility index (Phi) is 2.33. The average molecular weight is 202 g/mol. The van der Waals surface area contributed by atoms with Crippen molar-refractivity contribution in [2.24, 2.45) is 0 Å². The van der Waals surface area contributed by atoms with Gasteiger partial charge in [0.25, 0.3) is 0 Å². The molecule has 0 atom stereocenters. The number of aromatic nitrogens is 2. The van der Waals surface area contributed by atoms with Crippen LogP contribution in [0.1, 0.15) is 11.3 Å². The zero-order valence-electron chi connectivity index (χ0n) is 8.27. The third kappa shape index (κ3) is 1.93. The molecular weight excluding hydrogens is 192 g/mol. The lowest BCUT2D eigenvalue weighted by Crippen LogP contribution is -2.05. The van der Waals surface area contributed by atoms with Crippen LogP contribution in [0.3, 0.4) is 0 Å². The highest BCUT2D eigenvalue weighted by molar-refractivity contribution is 5.77. The van der Waals surface area contributed by atoms with Gasteiger partial charge in [-0.05, 0) is 30.7 Å². The van der Waals surface area contributed by atoms with Crippen molar-refractivity contribution in [1.82, 2.24) is 9.97 Å². The van der Waals surface area contributed by atoms with Gasteiger partial charge in [-0.25, -0.2) is 9.97 Å². The summed E-state index contributed by atoms with van der Waals surface area (Å²) in [6.07, 6.45) is 1.59. The summed E-state index contributed by atoms with van der Waals surface area (Å²) in [6.45, 7) is 1.86. The largest absolute Gasteiger partial charge is 0.481 e. The molecule has 0 saturated heterocycles. The molecule has 0 aliphatic heterocycles. The Morgan fingerprint density at radius 2 is 2.33 bits per heavy atom. The second-order valence-electron chi connectivity index (χ2n) is 3.37. The number of hydrogen-bond donors (Lipinski definition) is 1. The minimum atomic E-state index is -0.874. The molecule has 0 aliphatic rings. The van der Waals surface area contributed by atoms with Crippen LogP contribution < -0.4 is 0 Å². The average Bonchev–Trinajstić information content (AvgIpc) is 2.18. The van der Waals surface area contributed by atoms with Crippen LogP contribution in [-0.4, -0.2) is 21.0 Å². The first-order valence-electron chi connectivity index (χ1n) is 4.60. The van der Waals surface area contributed by atoms with Gasteiger partial charge in [0.2, 0.25) is 0 Å². The van der Waals surface area contributed by atoms with Crippen LogP contribution in [0.4, 0.5) is 0 Å². The number of carboxylic acid groups (broad SMARTS) is 1. The van der Waals surface area contributed by atoms with Crippen molar-refractivity contribution < 1.29 is 9.90 Å². The molecule has 15 heavy (non-hydrogen) atoms. The van der Waals surface area contributed by atoms with Gasteiger partial charge in [-0.3, -0.25) is 4.79 Å². The summed E-state index contributed by atoms with van der Waals surface area (Å²) >= 11 is 0. The standard InChI is InChI=1S/C11H10N2O2/c1-7-5-8-3-2-4-12-11(8)13-9(7)6-10(14)15/h2-5H,6H2,1H3,(H,14,15). The van der Waals surface area contributed by atoms with E-state index in [4.69, 9.17) is 5.11 Å². The Bertz CT molecular complexity index is 523. The van der Waals surface area contributed by atoms with E-state index in [0.717, 1.165) is 10.9 Å². The van der Waals surface area contributed by atoms with Crippen LogP contribution in [-0.2, 0) is 11.2 Å². The third-order valence-corrected chi connectivity index (χ3v) is 2.20. The number of carboxylic acids is 1. The summed E-state index contributed by atoms with van der Waals surface area (Å²) in [4.78, 5) is 18.9. The van der Waals surface area contributed by atoms with Gasteiger partial charge in [0.05, 0.1) is 12.1 Å². The molecule has 0 unspecified atom stereocenters. The zero-order chi connectivity index (χ0) is 10.8. The van der Waals surface area contributed by atoms with Gasteiger partial charge >= 0.3 is 5.97 Å². The molecule has 0 fully saturated rings. The van der Waals surface area contributed by atoms with E-state index in [1.54, 1.807) is 6.20 Å². The van der Waals surface area contributed by atoms with E-state index in [1.165, 1.54) is 0 Å². The Labute approximate surface area is 86.6 Å². The number of rotatable bonds is 2. The van der Waals surface area contributed by atoms with Crippen LogP contribution in [0.5, 0.6) is 0 Å². The maximum atomic E-state index is 10.6. The van der Waals surface area contributed by atoms with Gasteiger partial charge < -0.3 is 5.11 Å².